The van der Waals surface area contributed by atoms with Gasteiger partial charge in [-0.2, -0.15) is 0 Å². The van der Waals surface area contributed by atoms with Crippen molar-refractivity contribution in [2.45, 2.75) is 58.2 Å². The van der Waals surface area contributed by atoms with Crippen molar-refractivity contribution in [3.8, 4) is 0 Å². The molecule has 4 nitrogen and oxygen atoms in total. The molecule has 0 spiro atoms. The number of aliphatic hydroxyl groups excluding tert-OH is 1. The minimum Gasteiger partial charge on any atom is -0.386 e. The van der Waals surface area contributed by atoms with Crippen LogP contribution in [0.2, 0.25) is 0 Å². The van der Waals surface area contributed by atoms with Crippen molar-refractivity contribution < 1.29 is 9.90 Å². The summed E-state index contributed by atoms with van der Waals surface area (Å²) < 4.78 is 0. The van der Waals surface area contributed by atoms with Crippen molar-refractivity contribution >= 4 is 11.6 Å². The van der Waals surface area contributed by atoms with Gasteiger partial charge in [-0.25, -0.2) is 0 Å². The quantitative estimate of drug-likeness (QED) is 0.697. The van der Waals surface area contributed by atoms with E-state index in [-0.39, 0.29) is 11.9 Å². The molecule has 0 fully saturated rings. The van der Waals surface area contributed by atoms with Crippen LogP contribution in [0.4, 0.5) is 0 Å². The van der Waals surface area contributed by atoms with Crippen LogP contribution in [-0.4, -0.2) is 28.9 Å². The Morgan fingerprint density at radius 3 is 2.79 bits per heavy atom. The number of allylic oxidation sites excluding steroid dienone is 6. The number of aliphatic imine (C=N–C) groups is 1. The molecule has 1 aromatic rings. The molecular formula is C25H30N2O2. The van der Waals surface area contributed by atoms with Gasteiger partial charge in [-0.1, -0.05) is 67.6 Å². The van der Waals surface area contributed by atoms with Gasteiger partial charge in [0.2, 0.25) is 0 Å². The highest BCUT2D eigenvalue weighted by atomic mass is 16.3. The average molecular weight is 391 g/mol. The summed E-state index contributed by atoms with van der Waals surface area (Å²) in [6, 6.07) is 9.41. The third-order valence-electron chi connectivity index (χ3n) is 5.50. The van der Waals surface area contributed by atoms with Crippen molar-refractivity contribution in [2.24, 2.45) is 4.99 Å². The van der Waals surface area contributed by atoms with Gasteiger partial charge in [0, 0.05) is 11.3 Å². The van der Waals surface area contributed by atoms with Gasteiger partial charge in [0.25, 0.3) is 5.91 Å². The Balaban J connectivity index is 1.95. The third-order valence-corrected chi connectivity index (χ3v) is 5.50. The molecule has 3 atom stereocenters. The molecule has 1 aromatic carbocycles. The first-order chi connectivity index (χ1) is 14.1. The van der Waals surface area contributed by atoms with Gasteiger partial charge in [-0.05, 0) is 44.2 Å². The van der Waals surface area contributed by atoms with Crippen molar-refractivity contribution in [1.29, 1.82) is 0 Å². The highest BCUT2D eigenvalue weighted by molar-refractivity contribution is 6.12. The maximum Gasteiger partial charge on any atom is 0.251 e. The largest absolute Gasteiger partial charge is 0.386 e. The molecule has 0 bridgehead atoms. The van der Waals surface area contributed by atoms with Crippen LogP contribution in [0.3, 0.4) is 0 Å². The molecule has 2 N–H and O–H groups in total. The number of benzene rings is 1. The fourth-order valence-electron chi connectivity index (χ4n) is 3.88. The fraction of sp³-hybridized carbons (Fsp3) is 0.360. The van der Waals surface area contributed by atoms with E-state index in [9.17, 15) is 9.90 Å². The maximum atomic E-state index is 13.3. The van der Waals surface area contributed by atoms with Crippen molar-refractivity contribution in [2.75, 3.05) is 0 Å². The summed E-state index contributed by atoms with van der Waals surface area (Å²) in [7, 11) is 0. The number of hydrogen-bond acceptors (Lipinski definition) is 3. The Bertz CT molecular complexity index is 891. The van der Waals surface area contributed by atoms with Crippen LogP contribution in [0.25, 0.3) is 0 Å². The Labute approximate surface area is 173 Å². The summed E-state index contributed by atoms with van der Waals surface area (Å²) in [6.45, 7) is 5.95. The minimum absolute atomic E-state index is 0.100. The van der Waals surface area contributed by atoms with E-state index in [0.717, 1.165) is 41.7 Å². The first-order valence-electron chi connectivity index (χ1n) is 10.4. The lowest BCUT2D eigenvalue weighted by Gasteiger charge is -2.32. The average Bonchev–Trinajstić information content (AvgIpc) is 2.75. The molecule has 152 valence electrons. The van der Waals surface area contributed by atoms with E-state index in [1.807, 2.05) is 81.5 Å². The zero-order valence-corrected chi connectivity index (χ0v) is 17.4. The van der Waals surface area contributed by atoms with Crippen molar-refractivity contribution in [1.82, 2.24) is 5.32 Å². The Morgan fingerprint density at radius 2 is 2.10 bits per heavy atom. The summed E-state index contributed by atoms with van der Waals surface area (Å²) >= 11 is 0. The lowest BCUT2D eigenvalue weighted by atomic mass is 9.84. The minimum atomic E-state index is -0.966. The van der Waals surface area contributed by atoms with E-state index in [1.54, 1.807) is 0 Å². The van der Waals surface area contributed by atoms with Crippen molar-refractivity contribution in [3.63, 3.8) is 0 Å². The number of fused-ring (bicyclic) bond motifs is 1. The second-order valence-corrected chi connectivity index (χ2v) is 7.52. The van der Waals surface area contributed by atoms with Crippen LogP contribution in [0.5, 0.6) is 0 Å². The highest BCUT2D eigenvalue weighted by Gasteiger charge is 2.36. The SMILES string of the molecule is C/C=C\C=C(C)C1N=C2CCC=CC2=C(C(=O)NC(CC)c2ccccc2)C1O. The second kappa shape index (κ2) is 9.66. The van der Waals surface area contributed by atoms with E-state index in [0.29, 0.717) is 5.57 Å². The number of dihydropyridines is 1. The van der Waals surface area contributed by atoms with Gasteiger partial charge in [-0.15, -0.1) is 0 Å². The number of rotatable bonds is 6. The number of hydrogen-bond donors (Lipinski definition) is 2. The zero-order chi connectivity index (χ0) is 20.8. The van der Waals surface area contributed by atoms with Crippen LogP contribution in [0.15, 0.2) is 82.4 Å². The number of carbonyl (C=O) groups excluding carboxylic acids is 1. The summed E-state index contributed by atoms with van der Waals surface area (Å²) in [4.78, 5) is 18.1. The molecular weight excluding hydrogens is 360 g/mol. The summed E-state index contributed by atoms with van der Waals surface area (Å²) in [6.07, 6.45) is 11.3. The molecule has 1 aliphatic carbocycles. The normalized spacial score (nSPS) is 23.0. The summed E-state index contributed by atoms with van der Waals surface area (Å²) in [5.74, 6) is -0.217. The lowest BCUT2D eigenvalue weighted by molar-refractivity contribution is -0.119. The van der Waals surface area contributed by atoms with Gasteiger partial charge in [0.15, 0.2) is 0 Å². The third kappa shape index (κ3) is 4.65. The predicted molar refractivity (Wildman–Crippen MR) is 119 cm³/mol. The van der Waals surface area contributed by atoms with Crippen molar-refractivity contribution in [3.05, 3.63) is 83.0 Å². The first kappa shape index (κ1) is 21.0. The van der Waals surface area contributed by atoms with Crippen LogP contribution < -0.4 is 5.32 Å². The number of aliphatic hydroxyl groups is 1. The van der Waals surface area contributed by atoms with Crippen LogP contribution in [0, 0.1) is 0 Å². The topological polar surface area (TPSA) is 61.7 Å². The Kier molecular flexibility index (Phi) is 6.99. The lowest BCUT2D eigenvalue weighted by Crippen LogP contribution is -2.42. The molecule has 4 heteroatoms. The molecule has 0 radical (unpaired) electrons. The highest BCUT2D eigenvalue weighted by Crippen LogP contribution is 2.31. The molecule has 2 aliphatic rings. The number of nitrogens with one attached hydrogen (secondary N) is 1. The van der Waals surface area contributed by atoms with Gasteiger partial charge in [0.1, 0.15) is 12.1 Å². The van der Waals surface area contributed by atoms with Crippen LogP contribution >= 0.6 is 0 Å². The van der Waals surface area contributed by atoms with E-state index < -0.39 is 12.1 Å². The molecule has 3 unspecified atom stereocenters. The zero-order valence-electron chi connectivity index (χ0n) is 17.4. The standard InChI is InChI=1S/C25H30N2O2/c1-4-6-12-17(3)23-24(28)22(19-15-10-11-16-21(19)26-23)25(29)27-20(5-2)18-13-8-7-9-14-18/h4,6-10,12-15,20,23-24,28H,5,11,16H2,1-3H3,(H,27,29)/b6-4-,17-12?. The van der Waals surface area contributed by atoms with E-state index in [2.05, 4.69) is 5.32 Å². The van der Waals surface area contributed by atoms with Crippen LogP contribution in [0.1, 0.15) is 51.6 Å². The molecule has 1 aliphatic heterocycles. The Morgan fingerprint density at radius 1 is 1.34 bits per heavy atom. The fourth-order valence-corrected chi connectivity index (χ4v) is 3.88. The molecule has 29 heavy (non-hydrogen) atoms. The molecule has 0 aromatic heterocycles. The molecule has 0 saturated carbocycles. The van der Waals surface area contributed by atoms with Gasteiger partial charge >= 0.3 is 0 Å². The second-order valence-electron chi connectivity index (χ2n) is 7.52. The van der Waals surface area contributed by atoms with Gasteiger partial charge in [0.05, 0.1) is 11.6 Å². The smallest absolute Gasteiger partial charge is 0.251 e. The number of nitrogens with zero attached hydrogens (tertiary/aromatic N) is 1. The van der Waals surface area contributed by atoms with Gasteiger partial charge < -0.3 is 10.4 Å². The van der Waals surface area contributed by atoms with E-state index >= 15 is 0 Å². The van der Waals surface area contributed by atoms with E-state index in [1.165, 1.54) is 0 Å². The summed E-state index contributed by atoms with van der Waals surface area (Å²) in [5, 5.41) is 14.3. The molecule has 3 rings (SSSR count). The van der Waals surface area contributed by atoms with Crippen LogP contribution in [-0.2, 0) is 4.79 Å². The predicted octanol–water partition coefficient (Wildman–Crippen LogP) is 4.61. The first-order valence-corrected chi connectivity index (χ1v) is 10.4. The number of carbonyl (C=O) groups is 1. The molecule has 0 saturated heterocycles. The molecule has 1 heterocycles. The maximum absolute atomic E-state index is 13.3. The van der Waals surface area contributed by atoms with Gasteiger partial charge in [-0.3, -0.25) is 9.79 Å². The summed E-state index contributed by atoms with van der Waals surface area (Å²) in [5.41, 5.74) is 4.12. The number of amides is 1. The van der Waals surface area contributed by atoms with E-state index in [4.69, 9.17) is 4.99 Å². The monoisotopic (exact) mass is 390 g/mol. The molecule has 1 amide bonds. The Hall–Kier alpha value is -2.72.